The van der Waals surface area contributed by atoms with Crippen molar-refractivity contribution in [1.29, 1.82) is 0 Å². The number of aliphatic carboxylic acids is 1. The SMILES string of the molecule is CC(O)CN(C)C(=O)N[C@@H](C(=O)O)C(C)C. The smallest absolute Gasteiger partial charge is 0.326 e. The summed E-state index contributed by atoms with van der Waals surface area (Å²) in [5, 5.41) is 20.4. The van der Waals surface area contributed by atoms with E-state index in [1.54, 1.807) is 20.8 Å². The van der Waals surface area contributed by atoms with E-state index in [4.69, 9.17) is 10.2 Å². The fraction of sp³-hybridized carbons (Fsp3) is 0.800. The van der Waals surface area contributed by atoms with Crippen LogP contribution in [0.4, 0.5) is 4.79 Å². The molecule has 16 heavy (non-hydrogen) atoms. The quantitative estimate of drug-likeness (QED) is 0.628. The monoisotopic (exact) mass is 232 g/mol. The second kappa shape index (κ2) is 6.32. The first kappa shape index (κ1) is 14.7. The number of amides is 2. The summed E-state index contributed by atoms with van der Waals surface area (Å²) in [5.74, 6) is -1.25. The van der Waals surface area contributed by atoms with Gasteiger partial charge in [0.2, 0.25) is 0 Å². The number of aliphatic hydroxyl groups is 1. The van der Waals surface area contributed by atoms with Crippen LogP contribution in [-0.4, -0.2) is 52.9 Å². The second-order valence-electron chi connectivity index (χ2n) is 4.24. The lowest BCUT2D eigenvalue weighted by molar-refractivity contribution is -0.140. The molecule has 2 atom stereocenters. The molecule has 0 saturated heterocycles. The molecule has 0 fully saturated rings. The Hall–Kier alpha value is -1.30. The molecular formula is C10H20N2O4. The third kappa shape index (κ3) is 4.97. The van der Waals surface area contributed by atoms with E-state index >= 15 is 0 Å². The van der Waals surface area contributed by atoms with Crippen molar-refractivity contribution in [2.45, 2.75) is 32.9 Å². The maximum Gasteiger partial charge on any atom is 0.326 e. The minimum absolute atomic E-state index is 0.163. The summed E-state index contributed by atoms with van der Waals surface area (Å²) in [7, 11) is 1.50. The third-order valence-electron chi connectivity index (χ3n) is 2.10. The lowest BCUT2D eigenvalue weighted by Crippen LogP contribution is -2.50. The van der Waals surface area contributed by atoms with E-state index in [-0.39, 0.29) is 12.5 Å². The lowest BCUT2D eigenvalue weighted by Gasteiger charge is -2.24. The van der Waals surface area contributed by atoms with E-state index in [0.29, 0.717) is 0 Å². The van der Waals surface area contributed by atoms with Crippen LogP contribution in [0, 0.1) is 5.92 Å². The summed E-state index contributed by atoms with van der Waals surface area (Å²) in [6.45, 7) is 5.15. The van der Waals surface area contributed by atoms with Crippen LogP contribution in [0.3, 0.4) is 0 Å². The van der Waals surface area contributed by atoms with E-state index in [1.165, 1.54) is 11.9 Å². The van der Waals surface area contributed by atoms with Gasteiger partial charge in [0.1, 0.15) is 6.04 Å². The van der Waals surface area contributed by atoms with Gasteiger partial charge in [-0.15, -0.1) is 0 Å². The summed E-state index contributed by atoms with van der Waals surface area (Å²) in [6.07, 6.45) is -0.641. The van der Waals surface area contributed by atoms with Gasteiger partial charge in [0.05, 0.1) is 6.10 Å². The molecule has 2 amide bonds. The molecule has 0 saturated carbocycles. The highest BCUT2D eigenvalue weighted by molar-refractivity contribution is 5.82. The molecule has 0 aromatic carbocycles. The van der Waals surface area contributed by atoms with Gasteiger partial charge in [-0.3, -0.25) is 0 Å². The van der Waals surface area contributed by atoms with Crippen LogP contribution in [0.5, 0.6) is 0 Å². The van der Waals surface area contributed by atoms with Crippen molar-refractivity contribution in [3.05, 3.63) is 0 Å². The van der Waals surface area contributed by atoms with Gasteiger partial charge in [-0.1, -0.05) is 13.8 Å². The molecule has 0 spiro atoms. The predicted molar refractivity (Wildman–Crippen MR) is 59.1 cm³/mol. The molecule has 1 unspecified atom stereocenters. The van der Waals surface area contributed by atoms with Gasteiger partial charge in [-0.25, -0.2) is 9.59 Å². The van der Waals surface area contributed by atoms with Gasteiger partial charge in [0.15, 0.2) is 0 Å². The maximum absolute atomic E-state index is 11.5. The molecule has 0 bridgehead atoms. The van der Waals surface area contributed by atoms with Crippen LogP contribution in [-0.2, 0) is 4.79 Å². The van der Waals surface area contributed by atoms with Gasteiger partial charge in [0.25, 0.3) is 0 Å². The van der Waals surface area contributed by atoms with Crippen LogP contribution >= 0.6 is 0 Å². The Morgan fingerprint density at radius 1 is 1.31 bits per heavy atom. The van der Waals surface area contributed by atoms with Crippen molar-refractivity contribution in [2.24, 2.45) is 5.92 Å². The molecule has 6 nitrogen and oxygen atoms in total. The van der Waals surface area contributed by atoms with Gasteiger partial charge in [0, 0.05) is 13.6 Å². The molecule has 0 radical (unpaired) electrons. The molecule has 0 aromatic heterocycles. The Morgan fingerprint density at radius 3 is 2.12 bits per heavy atom. The number of carboxylic acid groups (broad SMARTS) is 1. The summed E-state index contributed by atoms with van der Waals surface area (Å²) in [6, 6.07) is -1.41. The van der Waals surface area contributed by atoms with Crippen LogP contribution < -0.4 is 5.32 Å². The Morgan fingerprint density at radius 2 is 1.81 bits per heavy atom. The second-order valence-corrected chi connectivity index (χ2v) is 4.24. The number of likely N-dealkylation sites (N-methyl/N-ethyl adjacent to an activating group) is 1. The normalized spacial score (nSPS) is 14.4. The summed E-state index contributed by atoms with van der Waals surface area (Å²) in [5.41, 5.74) is 0. The molecular weight excluding hydrogens is 212 g/mol. The maximum atomic E-state index is 11.5. The zero-order chi connectivity index (χ0) is 12.9. The molecule has 0 aliphatic heterocycles. The van der Waals surface area contributed by atoms with Crippen molar-refractivity contribution < 1.29 is 19.8 Å². The van der Waals surface area contributed by atoms with Gasteiger partial charge in [-0.05, 0) is 12.8 Å². The summed E-state index contributed by atoms with van der Waals surface area (Å²) < 4.78 is 0. The first-order valence-electron chi connectivity index (χ1n) is 5.18. The molecule has 3 N–H and O–H groups in total. The summed E-state index contributed by atoms with van der Waals surface area (Å²) in [4.78, 5) is 23.6. The highest BCUT2D eigenvalue weighted by Gasteiger charge is 2.24. The number of urea groups is 1. The topological polar surface area (TPSA) is 89.9 Å². The number of carbonyl (C=O) groups is 2. The average molecular weight is 232 g/mol. The number of hydrogen-bond acceptors (Lipinski definition) is 3. The van der Waals surface area contributed by atoms with E-state index in [9.17, 15) is 9.59 Å². The first-order valence-corrected chi connectivity index (χ1v) is 5.18. The summed E-state index contributed by atoms with van der Waals surface area (Å²) >= 11 is 0. The molecule has 94 valence electrons. The van der Waals surface area contributed by atoms with Crippen molar-refractivity contribution in [3.8, 4) is 0 Å². The minimum atomic E-state index is -1.06. The molecule has 0 heterocycles. The van der Waals surface area contributed by atoms with Crippen LogP contribution in [0.1, 0.15) is 20.8 Å². The van der Waals surface area contributed by atoms with Crippen molar-refractivity contribution in [2.75, 3.05) is 13.6 Å². The lowest BCUT2D eigenvalue weighted by atomic mass is 10.1. The number of carboxylic acids is 1. The van der Waals surface area contributed by atoms with Gasteiger partial charge < -0.3 is 20.4 Å². The highest BCUT2D eigenvalue weighted by Crippen LogP contribution is 2.02. The number of carbonyl (C=O) groups excluding carboxylic acids is 1. The predicted octanol–water partition coefficient (Wildman–Crippen LogP) is 0.118. The number of nitrogens with one attached hydrogen (secondary N) is 1. The zero-order valence-electron chi connectivity index (χ0n) is 10.1. The molecule has 6 heteroatoms. The van der Waals surface area contributed by atoms with Crippen LogP contribution in [0.15, 0.2) is 0 Å². The van der Waals surface area contributed by atoms with Crippen molar-refractivity contribution >= 4 is 12.0 Å². The van der Waals surface area contributed by atoms with E-state index < -0.39 is 24.1 Å². The van der Waals surface area contributed by atoms with E-state index in [1.807, 2.05) is 0 Å². The number of rotatable bonds is 5. The fourth-order valence-electron chi connectivity index (χ4n) is 1.24. The van der Waals surface area contributed by atoms with Gasteiger partial charge >= 0.3 is 12.0 Å². The zero-order valence-corrected chi connectivity index (χ0v) is 10.1. The van der Waals surface area contributed by atoms with Crippen LogP contribution in [0.2, 0.25) is 0 Å². The Labute approximate surface area is 95.2 Å². The van der Waals surface area contributed by atoms with E-state index in [0.717, 1.165) is 0 Å². The molecule has 0 aromatic rings. The van der Waals surface area contributed by atoms with E-state index in [2.05, 4.69) is 5.32 Å². The first-order chi connectivity index (χ1) is 7.25. The largest absolute Gasteiger partial charge is 0.480 e. The Kier molecular flexibility index (Phi) is 5.81. The fourth-order valence-corrected chi connectivity index (χ4v) is 1.24. The average Bonchev–Trinajstić information content (AvgIpc) is 2.11. The standard InChI is InChI=1S/C10H20N2O4/c1-6(2)8(9(14)15)11-10(16)12(4)5-7(3)13/h6-8,13H,5H2,1-4H3,(H,11,16)(H,14,15)/t7?,8-/m1/s1. The Balaban J connectivity index is 4.35. The van der Waals surface area contributed by atoms with Gasteiger partial charge in [-0.2, -0.15) is 0 Å². The van der Waals surface area contributed by atoms with Crippen molar-refractivity contribution in [1.82, 2.24) is 10.2 Å². The Bertz CT molecular complexity index is 253. The number of nitrogens with zero attached hydrogens (tertiary/aromatic N) is 1. The highest BCUT2D eigenvalue weighted by atomic mass is 16.4. The minimum Gasteiger partial charge on any atom is -0.480 e. The molecule has 0 aliphatic carbocycles. The third-order valence-corrected chi connectivity index (χ3v) is 2.10. The number of aliphatic hydroxyl groups excluding tert-OH is 1. The number of hydrogen-bond donors (Lipinski definition) is 3. The molecule has 0 aliphatic rings. The van der Waals surface area contributed by atoms with Crippen molar-refractivity contribution in [3.63, 3.8) is 0 Å². The van der Waals surface area contributed by atoms with Crippen LogP contribution in [0.25, 0.3) is 0 Å². The molecule has 0 rings (SSSR count).